The zero-order valence-electron chi connectivity index (χ0n) is 7.62. The second-order valence-electron chi connectivity index (χ2n) is 2.61. The van der Waals surface area contributed by atoms with Crippen molar-refractivity contribution in [2.24, 2.45) is 5.10 Å². The lowest BCUT2D eigenvalue weighted by molar-refractivity contribution is 1.14. The highest BCUT2D eigenvalue weighted by Crippen LogP contribution is 2.09. The predicted octanol–water partition coefficient (Wildman–Crippen LogP) is 2.30. The van der Waals surface area contributed by atoms with Gasteiger partial charge in [-0.1, -0.05) is 19.1 Å². The molecule has 0 atom stereocenters. The molecule has 0 aliphatic rings. The molecule has 0 unspecified atom stereocenters. The zero-order chi connectivity index (χ0) is 9.52. The monoisotopic (exact) mass is 175 g/mol. The van der Waals surface area contributed by atoms with E-state index in [1.807, 2.05) is 12.1 Å². The van der Waals surface area contributed by atoms with Crippen LogP contribution in [0.4, 0.5) is 5.69 Å². The largest absolute Gasteiger partial charge is 0.307 e. The van der Waals surface area contributed by atoms with Crippen LogP contribution in [0, 0.1) is 5.41 Å². The van der Waals surface area contributed by atoms with Crippen LogP contribution in [0.25, 0.3) is 0 Å². The number of aryl methyl sites for hydroxylation is 1. The van der Waals surface area contributed by atoms with Crippen molar-refractivity contribution in [1.82, 2.24) is 0 Å². The normalized spacial score (nSPS) is 10.2. The molecule has 1 rings (SSSR count). The molecular weight excluding hydrogens is 162 g/mol. The Balaban J connectivity index is 2.58. The third-order valence-electron chi connectivity index (χ3n) is 1.70. The molecule has 0 heterocycles. The fourth-order valence-electron chi connectivity index (χ4n) is 0.964. The fraction of sp³-hybridized carbons (Fsp3) is 0.200. The van der Waals surface area contributed by atoms with Crippen molar-refractivity contribution in [3.05, 3.63) is 29.8 Å². The van der Waals surface area contributed by atoms with E-state index in [1.165, 1.54) is 11.8 Å². The maximum Gasteiger partial charge on any atom is 0.0648 e. The molecule has 13 heavy (non-hydrogen) atoms. The summed E-state index contributed by atoms with van der Waals surface area (Å²) in [5.41, 5.74) is 5.06. The summed E-state index contributed by atoms with van der Waals surface area (Å²) in [5.74, 6) is 0. The lowest BCUT2D eigenvalue weighted by atomic mass is 10.2. The lowest BCUT2D eigenvalue weighted by Gasteiger charge is -2.00. The van der Waals surface area contributed by atoms with E-state index in [1.54, 1.807) is 0 Å². The van der Waals surface area contributed by atoms with Crippen LogP contribution >= 0.6 is 0 Å². The highest BCUT2D eigenvalue weighted by atomic mass is 15.3. The summed E-state index contributed by atoms with van der Waals surface area (Å²) in [5, 5.41) is 10.5. The van der Waals surface area contributed by atoms with E-state index < -0.39 is 0 Å². The van der Waals surface area contributed by atoms with Gasteiger partial charge in [-0.2, -0.15) is 5.10 Å². The van der Waals surface area contributed by atoms with Crippen LogP contribution in [0.5, 0.6) is 0 Å². The van der Waals surface area contributed by atoms with Crippen molar-refractivity contribution in [3.63, 3.8) is 0 Å². The van der Waals surface area contributed by atoms with Crippen LogP contribution in [0.3, 0.4) is 0 Å². The molecule has 0 saturated heterocycles. The van der Waals surface area contributed by atoms with Gasteiger partial charge >= 0.3 is 0 Å². The number of anilines is 1. The summed E-state index contributed by atoms with van der Waals surface area (Å²) < 4.78 is 0. The minimum atomic E-state index is 0.940. The van der Waals surface area contributed by atoms with Crippen molar-refractivity contribution in [3.8, 4) is 0 Å². The Morgan fingerprint density at radius 2 is 2.08 bits per heavy atom. The van der Waals surface area contributed by atoms with Gasteiger partial charge in [0.15, 0.2) is 0 Å². The van der Waals surface area contributed by atoms with Crippen LogP contribution in [0.1, 0.15) is 12.5 Å². The van der Waals surface area contributed by atoms with Gasteiger partial charge in [0.1, 0.15) is 0 Å². The maximum absolute atomic E-state index is 6.72. The summed E-state index contributed by atoms with van der Waals surface area (Å²) in [6.45, 7) is 2.12. The SMILES string of the molecule is CCc1ccc(N/N=C\C=N)cc1. The Hall–Kier alpha value is -1.64. The first-order valence-electron chi connectivity index (χ1n) is 4.24. The average molecular weight is 175 g/mol. The number of hydrazone groups is 1. The molecule has 3 heteroatoms. The number of benzene rings is 1. The maximum atomic E-state index is 6.72. The molecule has 1 aromatic carbocycles. The second kappa shape index (κ2) is 5.09. The van der Waals surface area contributed by atoms with Crippen LogP contribution in [-0.2, 0) is 6.42 Å². The number of hydrogen-bond donors (Lipinski definition) is 2. The van der Waals surface area contributed by atoms with E-state index >= 15 is 0 Å². The van der Waals surface area contributed by atoms with Crippen LogP contribution < -0.4 is 5.43 Å². The second-order valence-corrected chi connectivity index (χ2v) is 2.61. The standard InChI is InChI=1S/C10H13N3/c1-2-9-3-5-10(6-4-9)13-12-8-7-11/h3-8,11,13H,2H2,1H3/b11-7?,12-8-. The molecule has 0 radical (unpaired) electrons. The van der Waals surface area contributed by atoms with Crippen LogP contribution in [-0.4, -0.2) is 12.4 Å². The van der Waals surface area contributed by atoms with E-state index in [0.717, 1.165) is 18.3 Å². The third-order valence-corrected chi connectivity index (χ3v) is 1.70. The van der Waals surface area contributed by atoms with Gasteiger partial charge in [0.25, 0.3) is 0 Å². The van der Waals surface area contributed by atoms with Gasteiger partial charge in [-0.3, -0.25) is 5.43 Å². The Labute approximate surface area is 78.0 Å². The predicted molar refractivity (Wildman–Crippen MR) is 56.7 cm³/mol. The molecule has 0 amide bonds. The van der Waals surface area contributed by atoms with Crippen LogP contribution in [0.15, 0.2) is 29.4 Å². The first kappa shape index (κ1) is 9.45. The highest BCUT2D eigenvalue weighted by molar-refractivity contribution is 6.14. The van der Waals surface area contributed by atoms with E-state index in [0.29, 0.717) is 0 Å². The average Bonchev–Trinajstić information content (AvgIpc) is 2.19. The van der Waals surface area contributed by atoms with Crippen molar-refractivity contribution in [1.29, 1.82) is 5.41 Å². The van der Waals surface area contributed by atoms with Gasteiger partial charge in [0, 0.05) is 6.21 Å². The molecule has 0 aromatic heterocycles. The molecule has 3 nitrogen and oxygen atoms in total. The van der Waals surface area contributed by atoms with E-state index in [9.17, 15) is 0 Å². The summed E-state index contributed by atoms with van der Waals surface area (Å²) >= 11 is 0. The van der Waals surface area contributed by atoms with Gasteiger partial charge in [0.05, 0.1) is 11.9 Å². The highest BCUT2D eigenvalue weighted by Gasteiger charge is 1.89. The summed E-state index contributed by atoms with van der Waals surface area (Å²) in [4.78, 5) is 0. The summed E-state index contributed by atoms with van der Waals surface area (Å²) in [6, 6.07) is 8.06. The minimum absolute atomic E-state index is 0.940. The van der Waals surface area contributed by atoms with Gasteiger partial charge in [0.2, 0.25) is 0 Å². The Bertz CT molecular complexity index is 288. The van der Waals surface area contributed by atoms with Gasteiger partial charge in [-0.25, -0.2) is 0 Å². The van der Waals surface area contributed by atoms with E-state index in [4.69, 9.17) is 5.41 Å². The molecule has 0 aliphatic heterocycles. The van der Waals surface area contributed by atoms with Crippen LogP contribution in [0.2, 0.25) is 0 Å². The molecule has 0 aliphatic carbocycles. The molecule has 68 valence electrons. The molecule has 2 N–H and O–H groups in total. The molecule has 0 saturated carbocycles. The first-order valence-corrected chi connectivity index (χ1v) is 4.24. The summed E-state index contributed by atoms with van der Waals surface area (Å²) in [6.07, 6.45) is 3.57. The lowest BCUT2D eigenvalue weighted by Crippen LogP contribution is -1.89. The van der Waals surface area contributed by atoms with Gasteiger partial charge in [-0.15, -0.1) is 0 Å². The van der Waals surface area contributed by atoms with E-state index in [-0.39, 0.29) is 0 Å². The smallest absolute Gasteiger partial charge is 0.0648 e. The Morgan fingerprint density at radius 1 is 1.38 bits per heavy atom. The van der Waals surface area contributed by atoms with Gasteiger partial charge in [-0.05, 0) is 24.1 Å². The van der Waals surface area contributed by atoms with E-state index in [2.05, 4.69) is 29.6 Å². The molecule has 1 aromatic rings. The van der Waals surface area contributed by atoms with Crippen molar-refractivity contribution in [2.45, 2.75) is 13.3 Å². The summed E-state index contributed by atoms with van der Waals surface area (Å²) in [7, 11) is 0. The number of hydrogen-bond acceptors (Lipinski definition) is 3. The topological polar surface area (TPSA) is 48.2 Å². The minimum Gasteiger partial charge on any atom is -0.307 e. The molecular formula is C10H13N3. The van der Waals surface area contributed by atoms with Crippen molar-refractivity contribution in [2.75, 3.05) is 5.43 Å². The van der Waals surface area contributed by atoms with Crippen molar-refractivity contribution < 1.29 is 0 Å². The number of nitrogens with zero attached hydrogens (tertiary/aromatic N) is 1. The number of nitrogens with one attached hydrogen (secondary N) is 2. The quantitative estimate of drug-likeness (QED) is 0.535. The molecule has 0 bridgehead atoms. The third kappa shape index (κ3) is 3.07. The Kier molecular flexibility index (Phi) is 3.70. The van der Waals surface area contributed by atoms with Crippen molar-refractivity contribution >= 4 is 18.1 Å². The molecule has 0 spiro atoms. The number of rotatable bonds is 4. The Morgan fingerprint density at radius 3 is 2.62 bits per heavy atom. The fourth-order valence-corrected chi connectivity index (χ4v) is 0.964. The molecule has 0 fully saturated rings. The zero-order valence-corrected chi connectivity index (χ0v) is 7.62. The first-order chi connectivity index (χ1) is 6.36. The van der Waals surface area contributed by atoms with Gasteiger partial charge < -0.3 is 5.41 Å².